The molecule has 1 aromatic heterocycles. The van der Waals surface area contributed by atoms with Gasteiger partial charge in [-0.25, -0.2) is 0 Å². The molecule has 43 heavy (non-hydrogen) atoms. The van der Waals surface area contributed by atoms with E-state index in [1.54, 1.807) is 0 Å². The molecule has 0 spiro atoms. The highest BCUT2D eigenvalue weighted by Crippen LogP contribution is 2.51. The summed E-state index contributed by atoms with van der Waals surface area (Å²) in [6, 6.07) is 17.0. The number of carbonyl (C=O) groups excluding carboxylic acids is 1. The van der Waals surface area contributed by atoms with Gasteiger partial charge in [0.05, 0.1) is 17.4 Å². The zero-order chi connectivity index (χ0) is 30.3. The molecule has 4 heteroatoms. The first-order valence-electron chi connectivity index (χ1n) is 17.3. The third kappa shape index (κ3) is 6.12. The van der Waals surface area contributed by atoms with E-state index < -0.39 is 5.92 Å². The quantitative estimate of drug-likeness (QED) is 0.127. The Morgan fingerprint density at radius 2 is 1.40 bits per heavy atom. The Balaban J connectivity index is 1.45. The van der Waals surface area contributed by atoms with Gasteiger partial charge in [0.2, 0.25) is 5.69 Å². The van der Waals surface area contributed by atoms with Gasteiger partial charge in [-0.05, 0) is 32.3 Å². The zero-order valence-corrected chi connectivity index (χ0v) is 27.1. The van der Waals surface area contributed by atoms with Crippen LogP contribution in [0, 0.1) is 5.92 Å². The lowest BCUT2D eigenvalue weighted by molar-refractivity contribution is -0.439. The van der Waals surface area contributed by atoms with E-state index in [-0.39, 0.29) is 17.5 Å². The Hall–Kier alpha value is -3.14. The number of benzene rings is 2. The van der Waals surface area contributed by atoms with Gasteiger partial charge < -0.3 is 9.67 Å². The van der Waals surface area contributed by atoms with Crippen LogP contribution in [0.4, 0.5) is 5.69 Å². The molecule has 2 heterocycles. The van der Waals surface area contributed by atoms with Gasteiger partial charge in [-0.2, -0.15) is 4.58 Å². The van der Waals surface area contributed by atoms with Gasteiger partial charge in [-0.3, -0.25) is 4.79 Å². The molecule has 0 bridgehead atoms. The van der Waals surface area contributed by atoms with Gasteiger partial charge in [-0.1, -0.05) is 108 Å². The lowest BCUT2D eigenvalue weighted by Crippen LogP contribution is -2.38. The fraction of sp³-hybridized carbons (Fsp3) is 0.538. The Morgan fingerprint density at radius 3 is 2.09 bits per heavy atom. The van der Waals surface area contributed by atoms with Crippen molar-refractivity contribution in [2.24, 2.45) is 5.92 Å². The van der Waals surface area contributed by atoms with Crippen LogP contribution in [0.1, 0.15) is 127 Å². The number of para-hydroxylation sites is 2. The molecule has 0 fully saturated rings. The van der Waals surface area contributed by atoms with E-state index in [4.69, 9.17) is 0 Å². The summed E-state index contributed by atoms with van der Waals surface area (Å²) in [5, 5.41) is 12.9. The van der Waals surface area contributed by atoms with E-state index in [2.05, 4.69) is 85.4 Å². The topological polar surface area (TPSA) is 45.2 Å². The number of hydrogen-bond donors (Lipinski definition) is 1. The number of rotatable bonds is 17. The summed E-state index contributed by atoms with van der Waals surface area (Å²) in [4.78, 5) is 14.3. The molecule has 0 saturated heterocycles. The number of aliphatic hydroxyl groups is 1. The molecular weight excluding hydrogens is 528 g/mol. The number of Topliss-reactive ketones (excluding diaryl/α,β-unsaturated/α-hetero) is 1. The van der Waals surface area contributed by atoms with E-state index in [0.717, 1.165) is 48.8 Å². The van der Waals surface area contributed by atoms with Crippen molar-refractivity contribution in [2.75, 3.05) is 6.54 Å². The minimum Gasteiger partial charge on any atom is -0.511 e. The second-order valence-electron chi connectivity index (χ2n) is 12.8. The van der Waals surface area contributed by atoms with Gasteiger partial charge in [0.1, 0.15) is 12.3 Å². The van der Waals surface area contributed by atoms with Crippen molar-refractivity contribution in [3.8, 4) is 0 Å². The largest absolute Gasteiger partial charge is 0.511 e. The number of carbonyl (C=O) groups is 1. The second-order valence-corrected chi connectivity index (χ2v) is 12.8. The number of aromatic nitrogens is 1. The first kappa shape index (κ1) is 31.3. The number of nitrogens with zero attached hydrogens (tertiary/aromatic N) is 2. The number of ketones is 1. The normalized spacial score (nSPS) is 18.2. The zero-order valence-electron chi connectivity index (χ0n) is 27.1. The predicted octanol–water partition coefficient (Wildman–Crippen LogP) is 10.3. The summed E-state index contributed by atoms with van der Waals surface area (Å²) in [5.41, 5.74) is 7.51. The summed E-state index contributed by atoms with van der Waals surface area (Å²) in [5.74, 6) is -0.222. The molecule has 0 saturated carbocycles. The molecule has 2 unspecified atom stereocenters. The average molecular weight is 582 g/mol. The maximum absolute atomic E-state index is 14.3. The fourth-order valence-corrected chi connectivity index (χ4v) is 7.72. The van der Waals surface area contributed by atoms with Crippen LogP contribution in [-0.4, -0.2) is 32.3 Å². The van der Waals surface area contributed by atoms with Crippen LogP contribution in [0.15, 0.2) is 54.3 Å². The van der Waals surface area contributed by atoms with E-state index in [1.165, 1.54) is 86.9 Å². The molecule has 0 amide bonds. The molecule has 1 aliphatic heterocycles. The standard InChI is InChI=1S/C39H52N2O2/c1-5-8-10-12-14-16-26-33-35(30-23-18-19-24-31(30)40(33)7-3)37-38(42)36(39(37)43)34-28(4)41(27-21-15-13-11-9-6-2)32-25-20-17-22-29(32)34/h17-20,22-25,34,36H,5-16,21,26-27H2,1-4H3/p+1. The molecule has 1 aliphatic carbocycles. The number of allylic oxidation sites excluding steroid dienone is 2. The van der Waals surface area contributed by atoms with E-state index in [9.17, 15) is 9.90 Å². The first-order valence-corrected chi connectivity index (χ1v) is 17.3. The maximum atomic E-state index is 14.3. The van der Waals surface area contributed by atoms with Crippen LogP contribution in [0.5, 0.6) is 0 Å². The van der Waals surface area contributed by atoms with Crippen LogP contribution in [0.25, 0.3) is 16.5 Å². The van der Waals surface area contributed by atoms with Crippen LogP contribution < -0.4 is 0 Å². The molecule has 5 rings (SSSR count). The van der Waals surface area contributed by atoms with Crippen molar-refractivity contribution in [3.05, 3.63) is 71.1 Å². The van der Waals surface area contributed by atoms with Crippen LogP contribution in [-0.2, 0) is 17.8 Å². The van der Waals surface area contributed by atoms with Crippen LogP contribution in [0.3, 0.4) is 0 Å². The van der Waals surface area contributed by atoms with Crippen LogP contribution in [0.2, 0.25) is 0 Å². The number of unbranched alkanes of at least 4 members (excludes halogenated alkanes) is 10. The minimum atomic E-state index is -0.503. The summed E-state index contributed by atoms with van der Waals surface area (Å²) in [7, 11) is 0. The number of aryl methyl sites for hydroxylation is 1. The van der Waals surface area contributed by atoms with Crippen molar-refractivity contribution in [1.29, 1.82) is 0 Å². The van der Waals surface area contributed by atoms with Crippen molar-refractivity contribution in [2.45, 2.75) is 124 Å². The number of fused-ring (bicyclic) bond motifs is 2. The van der Waals surface area contributed by atoms with Crippen molar-refractivity contribution in [3.63, 3.8) is 0 Å². The Labute approximate surface area is 259 Å². The second kappa shape index (κ2) is 14.6. The number of aliphatic hydroxyl groups excluding tert-OH is 1. The summed E-state index contributed by atoms with van der Waals surface area (Å²) < 4.78 is 4.80. The molecule has 2 aromatic carbocycles. The molecule has 3 aromatic rings. The summed E-state index contributed by atoms with van der Waals surface area (Å²) in [6.07, 6.45) is 15.9. The molecule has 2 atom stereocenters. The van der Waals surface area contributed by atoms with Crippen molar-refractivity contribution >= 4 is 33.7 Å². The Morgan fingerprint density at radius 1 is 0.767 bits per heavy atom. The highest BCUT2D eigenvalue weighted by atomic mass is 16.3. The highest BCUT2D eigenvalue weighted by Gasteiger charge is 2.53. The third-order valence-electron chi connectivity index (χ3n) is 10.00. The Bertz CT molecular complexity index is 1490. The van der Waals surface area contributed by atoms with Gasteiger partial charge in [-0.15, -0.1) is 0 Å². The van der Waals surface area contributed by atoms with Gasteiger partial charge in [0, 0.05) is 53.7 Å². The lowest BCUT2D eigenvalue weighted by Gasteiger charge is -2.32. The van der Waals surface area contributed by atoms with E-state index in [0.29, 0.717) is 5.57 Å². The van der Waals surface area contributed by atoms with Gasteiger partial charge >= 0.3 is 0 Å². The fourth-order valence-electron chi connectivity index (χ4n) is 7.72. The van der Waals surface area contributed by atoms with Crippen LogP contribution >= 0.6 is 0 Å². The summed E-state index contributed by atoms with van der Waals surface area (Å²) >= 11 is 0. The predicted molar refractivity (Wildman–Crippen MR) is 181 cm³/mol. The molecule has 1 N–H and O–H groups in total. The minimum absolute atomic E-state index is 0.0984. The van der Waals surface area contributed by atoms with Crippen molar-refractivity contribution in [1.82, 2.24) is 4.57 Å². The highest BCUT2D eigenvalue weighted by molar-refractivity contribution is 6.33. The summed E-state index contributed by atoms with van der Waals surface area (Å²) in [6.45, 7) is 10.7. The van der Waals surface area contributed by atoms with E-state index in [1.807, 2.05) is 0 Å². The monoisotopic (exact) mass is 581 g/mol. The molecule has 0 radical (unpaired) electrons. The Kier molecular flexibility index (Phi) is 10.6. The van der Waals surface area contributed by atoms with E-state index >= 15 is 0 Å². The van der Waals surface area contributed by atoms with Gasteiger partial charge in [0.25, 0.3) is 0 Å². The molecule has 4 nitrogen and oxygen atoms in total. The smallest absolute Gasteiger partial charge is 0.209 e. The van der Waals surface area contributed by atoms with Gasteiger partial charge in [0.15, 0.2) is 11.5 Å². The third-order valence-corrected chi connectivity index (χ3v) is 10.00. The molecule has 2 aliphatic rings. The molecule has 230 valence electrons. The lowest BCUT2D eigenvalue weighted by atomic mass is 9.68. The van der Waals surface area contributed by atoms with Crippen molar-refractivity contribution < 1.29 is 14.5 Å². The first-order chi connectivity index (χ1) is 21.0. The molecular formula is C39H53N2O2+. The maximum Gasteiger partial charge on any atom is 0.209 e. The SMILES string of the molecule is CCCCCCCCc1c(C2=C(O)C(C3C(C)=[N+](CCCCCCCC)c4ccccc43)C2=O)c2ccccc2n1CC. The average Bonchev–Trinajstić information content (AvgIpc) is 3.47. The number of hydrogen-bond acceptors (Lipinski definition) is 2.